The third kappa shape index (κ3) is 4.93. The normalized spacial score (nSPS) is 16.5. The molecular weight excluding hydrogens is 346 g/mol. The Morgan fingerprint density at radius 3 is 2.37 bits per heavy atom. The first-order valence-electron chi connectivity index (χ1n) is 8.86. The van der Waals surface area contributed by atoms with E-state index in [9.17, 15) is 9.59 Å². The third-order valence-electron chi connectivity index (χ3n) is 4.42. The fourth-order valence-corrected chi connectivity index (χ4v) is 3.07. The first-order chi connectivity index (χ1) is 13.0. The van der Waals surface area contributed by atoms with E-state index in [1.54, 1.807) is 37.4 Å². The lowest BCUT2D eigenvalue weighted by Crippen LogP contribution is -2.41. The maximum absolute atomic E-state index is 12.6. The summed E-state index contributed by atoms with van der Waals surface area (Å²) in [6.07, 6.45) is 1.74. The number of aromatic nitrogens is 2. The predicted octanol–water partition coefficient (Wildman–Crippen LogP) is 2.30. The topological polar surface area (TPSA) is 96.5 Å². The zero-order valence-corrected chi connectivity index (χ0v) is 15.4. The second kappa shape index (κ2) is 8.48. The molecule has 2 heterocycles. The van der Waals surface area contributed by atoms with Gasteiger partial charge in [-0.05, 0) is 43.2 Å². The van der Waals surface area contributed by atoms with Crippen molar-refractivity contribution in [2.24, 2.45) is 5.92 Å². The molecule has 0 spiro atoms. The number of hydrogen-bond donors (Lipinski definition) is 2. The molecule has 0 unspecified atom stereocenters. The van der Waals surface area contributed by atoms with Crippen LogP contribution in [0.5, 0.6) is 5.88 Å². The molecule has 2 N–H and O–H groups in total. The van der Waals surface area contributed by atoms with Crippen molar-refractivity contribution in [1.29, 1.82) is 0 Å². The average molecular weight is 369 g/mol. The summed E-state index contributed by atoms with van der Waals surface area (Å²) in [5.74, 6) is 0.933. The molecule has 1 aromatic carbocycles. The Labute approximate surface area is 157 Å². The third-order valence-corrected chi connectivity index (χ3v) is 4.42. The van der Waals surface area contributed by atoms with Crippen molar-refractivity contribution >= 4 is 29.0 Å². The number of methoxy groups -OCH3 is 1. The summed E-state index contributed by atoms with van der Waals surface area (Å²) in [5.41, 5.74) is 1.40. The van der Waals surface area contributed by atoms with Crippen molar-refractivity contribution in [3.05, 3.63) is 36.4 Å². The van der Waals surface area contributed by atoms with Crippen LogP contribution in [0.2, 0.25) is 0 Å². The zero-order chi connectivity index (χ0) is 19.2. The Bertz CT molecular complexity index is 792. The molecule has 0 bridgehead atoms. The van der Waals surface area contributed by atoms with Gasteiger partial charge in [0.1, 0.15) is 0 Å². The summed E-state index contributed by atoms with van der Waals surface area (Å²) in [4.78, 5) is 25.8. The quantitative estimate of drug-likeness (QED) is 0.839. The van der Waals surface area contributed by atoms with E-state index in [1.807, 2.05) is 6.07 Å². The van der Waals surface area contributed by atoms with Gasteiger partial charge in [0.15, 0.2) is 5.82 Å². The van der Waals surface area contributed by atoms with Gasteiger partial charge in [-0.15, -0.1) is 10.2 Å². The summed E-state index contributed by atoms with van der Waals surface area (Å²) in [6.45, 7) is 2.89. The van der Waals surface area contributed by atoms with Crippen LogP contribution >= 0.6 is 0 Å². The van der Waals surface area contributed by atoms with Crippen LogP contribution in [0, 0.1) is 5.92 Å². The molecule has 8 nitrogen and oxygen atoms in total. The van der Waals surface area contributed by atoms with Gasteiger partial charge in [-0.3, -0.25) is 9.59 Å². The predicted molar refractivity (Wildman–Crippen MR) is 103 cm³/mol. The molecule has 1 aliphatic rings. The van der Waals surface area contributed by atoms with E-state index in [4.69, 9.17) is 4.74 Å². The Morgan fingerprint density at radius 2 is 1.78 bits per heavy atom. The molecular formula is C19H23N5O3. The van der Waals surface area contributed by atoms with Crippen LogP contribution < -0.4 is 20.3 Å². The van der Waals surface area contributed by atoms with Gasteiger partial charge < -0.3 is 20.3 Å². The van der Waals surface area contributed by atoms with Gasteiger partial charge in [-0.25, -0.2) is 0 Å². The number of nitrogens with one attached hydrogen (secondary N) is 2. The molecule has 0 radical (unpaired) electrons. The molecule has 8 heteroatoms. The molecule has 1 atom stereocenters. The number of benzene rings is 1. The van der Waals surface area contributed by atoms with Crippen molar-refractivity contribution < 1.29 is 14.3 Å². The van der Waals surface area contributed by atoms with Crippen molar-refractivity contribution in [2.75, 3.05) is 35.7 Å². The molecule has 0 saturated carbocycles. The highest BCUT2D eigenvalue weighted by Crippen LogP contribution is 2.23. The summed E-state index contributed by atoms with van der Waals surface area (Å²) in [6, 6.07) is 10.7. The molecule has 1 fully saturated rings. The Balaban J connectivity index is 1.59. The standard InChI is InChI=1S/C19H23N5O3/c1-13(25)20-15-5-7-16(8-6-15)21-19(26)14-4-3-11-24(12-14)17-9-10-18(27-2)23-22-17/h5-10,14H,3-4,11-12H2,1-2H3,(H,20,25)(H,21,26)/t14-/m0/s1. The van der Waals surface area contributed by atoms with E-state index < -0.39 is 0 Å². The SMILES string of the molecule is COc1ccc(N2CCC[C@H](C(=O)Nc3ccc(NC(C)=O)cc3)C2)nn1. The Hall–Kier alpha value is -3.16. The Morgan fingerprint density at radius 1 is 1.07 bits per heavy atom. The Kier molecular flexibility index (Phi) is 5.85. The summed E-state index contributed by atoms with van der Waals surface area (Å²) in [5, 5.41) is 13.8. The summed E-state index contributed by atoms with van der Waals surface area (Å²) in [7, 11) is 1.55. The molecule has 2 amide bonds. The first kappa shape index (κ1) is 18.6. The average Bonchev–Trinajstić information content (AvgIpc) is 2.69. The van der Waals surface area contributed by atoms with E-state index in [0.717, 1.165) is 25.2 Å². The van der Waals surface area contributed by atoms with E-state index in [0.29, 0.717) is 23.8 Å². The highest BCUT2D eigenvalue weighted by Gasteiger charge is 2.26. The van der Waals surface area contributed by atoms with Crippen LogP contribution in [0.25, 0.3) is 0 Å². The first-order valence-corrected chi connectivity index (χ1v) is 8.86. The number of hydrogen-bond acceptors (Lipinski definition) is 6. The fourth-order valence-electron chi connectivity index (χ4n) is 3.07. The van der Waals surface area contributed by atoms with Gasteiger partial charge in [0.05, 0.1) is 13.0 Å². The summed E-state index contributed by atoms with van der Waals surface area (Å²) < 4.78 is 5.03. The monoisotopic (exact) mass is 369 g/mol. The molecule has 1 saturated heterocycles. The summed E-state index contributed by atoms with van der Waals surface area (Å²) >= 11 is 0. The maximum atomic E-state index is 12.6. The maximum Gasteiger partial charge on any atom is 0.233 e. The molecule has 2 aromatic rings. The van der Waals surface area contributed by atoms with Crippen molar-refractivity contribution in [1.82, 2.24) is 10.2 Å². The molecule has 3 rings (SSSR count). The fraction of sp³-hybridized carbons (Fsp3) is 0.368. The number of ether oxygens (including phenoxy) is 1. The van der Waals surface area contributed by atoms with E-state index in [-0.39, 0.29) is 17.7 Å². The van der Waals surface area contributed by atoms with E-state index >= 15 is 0 Å². The van der Waals surface area contributed by atoms with Gasteiger partial charge >= 0.3 is 0 Å². The van der Waals surface area contributed by atoms with Crippen molar-refractivity contribution in [3.63, 3.8) is 0 Å². The van der Waals surface area contributed by atoms with Crippen LogP contribution in [-0.2, 0) is 9.59 Å². The second-order valence-electron chi connectivity index (χ2n) is 6.47. The molecule has 27 heavy (non-hydrogen) atoms. The van der Waals surface area contributed by atoms with Gasteiger partial charge in [-0.2, -0.15) is 0 Å². The number of nitrogens with zero attached hydrogens (tertiary/aromatic N) is 3. The van der Waals surface area contributed by atoms with Gasteiger partial charge in [-0.1, -0.05) is 0 Å². The lowest BCUT2D eigenvalue weighted by molar-refractivity contribution is -0.120. The van der Waals surface area contributed by atoms with Crippen molar-refractivity contribution in [2.45, 2.75) is 19.8 Å². The molecule has 0 aliphatic carbocycles. The van der Waals surface area contributed by atoms with Crippen LogP contribution in [0.1, 0.15) is 19.8 Å². The molecule has 1 aliphatic heterocycles. The van der Waals surface area contributed by atoms with Crippen LogP contribution in [0.3, 0.4) is 0 Å². The minimum Gasteiger partial charge on any atom is -0.480 e. The van der Waals surface area contributed by atoms with E-state index in [2.05, 4.69) is 25.7 Å². The lowest BCUT2D eigenvalue weighted by atomic mass is 9.97. The number of rotatable bonds is 5. The van der Waals surface area contributed by atoms with E-state index in [1.165, 1.54) is 6.92 Å². The van der Waals surface area contributed by atoms with Crippen LogP contribution in [0.4, 0.5) is 17.2 Å². The van der Waals surface area contributed by atoms with Gasteiger partial charge in [0, 0.05) is 37.5 Å². The highest BCUT2D eigenvalue weighted by atomic mass is 16.5. The number of piperidine rings is 1. The van der Waals surface area contributed by atoms with Crippen LogP contribution in [0.15, 0.2) is 36.4 Å². The zero-order valence-electron chi connectivity index (χ0n) is 15.4. The lowest BCUT2D eigenvalue weighted by Gasteiger charge is -2.32. The highest BCUT2D eigenvalue weighted by molar-refractivity contribution is 5.94. The minimum atomic E-state index is -0.129. The minimum absolute atomic E-state index is 0.0200. The number of anilines is 3. The number of carbonyl (C=O) groups is 2. The van der Waals surface area contributed by atoms with Crippen molar-refractivity contribution in [3.8, 4) is 5.88 Å². The number of carbonyl (C=O) groups excluding carboxylic acids is 2. The molecule has 142 valence electrons. The van der Waals surface area contributed by atoms with Crippen LogP contribution in [-0.4, -0.2) is 42.2 Å². The number of amides is 2. The largest absolute Gasteiger partial charge is 0.480 e. The van der Waals surface area contributed by atoms with Gasteiger partial charge in [0.2, 0.25) is 17.7 Å². The van der Waals surface area contributed by atoms with Gasteiger partial charge in [0.25, 0.3) is 0 Å². The smallest absolute Gasteiger partial charge is 0.233 e. The molecule has 1 aromatic heterocycles. The second-order valence-corrected chi connectivity index (χ2v) is 6.47.